The van der Waals surface area contributed by atoms with Gasteiger partial charge in [-0.1, -0.05) is 18.2 Å². The number of aryl methyl sites for hydroxylation is 1. The highest BCUT2D eigenvalue weighted by Crippen LogP contribution is 2.13. The number of nitrogens with one attached hydrogen (secondary N) is 1. The number of hydrogen-bond donors (Lipinski definition) is 1. The Kier molecular flexibility index (Phi) is 5.46. The lowest BCUT2D eigenvalue weighted by molar-refractivity contribution is -0.116. The molecule has 2 aromatic rings. The Morgan fingerprint density at radius 3 is 2.43 bits per heavy atom. The van der Waals surface area contributed by atoms with Crippen molar-refractivity contribution in [1.29, 1.82) is 0 Å². The van der Waals surface area contributed by atoms with Crippen LogP contribution >= 0.6 is 0 Å². The fourth-order valence-corrected chi connectivity index (χ4v) is 2.12. The average Bonchev–Trinajstić information content (AvgIpc) is 2.53. The molecule has 5 heteroatoms. The number of halogens is 1. The highest BCUT2D eigenvalue weighted by molar-refractivity contribution is 5.97. The molecule has 2 amide bonds. The van der Waals surface area contributed by atoms with E-state index in [1.807, 2.05) is 0 Å². The number of rotatable bonds is 5. The fourth-order valence-electron chi connectivity index (χ4n) is 2.12. The molecule has 23 heavy (non-hydrogen) atoms. The van der Waals surface area contributed by atoms with Crippen molar-refractivity contribution in [3.8, 4) is 0 Å². The molecule has 0 bridgehead atoms. The molecule has 120 valence electrons. The van der Waals surface area contributed by atoms with Gasteiger partial charge in [-0.2, -0.15) is 0 Å². The van der Waals surface area contributed by atoms with Crippen LogP contribution in [0, 0.1) is 5.82 Å². The van der Waals surface area contributed by atoms with E-state index in [0.717, 1.165) is 5.56 Å². The molecule has 2 aromatic carbocycles. The van der Waals surface area contributed by atoms with E-state index >= 15 is 0 Å². The molecule has 0 aliphatic carbocycles. The van der Waals surface area contributed by atoms with Crippen LogP contribution in [-0.2, 0) is 11.2 Å². The van der Waals surface area contributed by atoms with Crippen molar-refractivity contribution in [3.63, 3.8) is 0 Å². The van der Waals surface area contributed by atoms with Crippen molar-refractivity contribution < 1.29 is 14.0 Å². The van der Waals surface area contributed by atoms with E-state index in [1.54, 1.807) is 50.5 Å². The summed E-state index contributed by atoms with van der Waals surface area (Å²) in [6.45, 7) is 0. The molecule has 1 N–H and O–H groups in total. The molecule has 0 radical (unpaired) electrons. The number of anilines is 1. The monoisotopic (exact) mass is 314 g/mol. The van der Waals surface area contributed by atoms with Gasteiger partial charge in [0.2, 0.25) is 5.91 Å². The Morgan fingerprint density at radius 2 is 1.78 bits per heavy atom. The first-order valence-corrected chi connectivity index (χ1v) is 7.32. The summed E-state index contributed by atoms with van der Waals surface area (Å²) in [5, 5.41) is 2.77. The summed E-state index contributed by atoms with van der Waals surface area (Å²) < 4.78 is 12.8. The summed E-state index contributed by atoms with van der Waals surface area (Å²) in [5.41, 5.74) is 2.01. The van der Waals surface area contributed by atoms with Gasteiger partial charge in [0, 0.05) is 31.8 Å². The number of benzene rings is 2. The zero-order valence-electron chi connectivity index (χ0n) is 13.2. The van der Waals surface area contributed by atoms with Gasteiger partial charge in [-0.25, -0.2) is 4.39 Å². The van der Waals surface area contributed by atoms with E-state index < -0.39 is 0 Å². The van der Waals surface area contributed by atoms with Gasteiger partial charge in [-0.05, 0) is 42.3 Å². The first kappa shape index (κ1) is 16.7. The standard InChI is InChI=1S/C18H19FN2O2/c1-21(2)18(23)14-4-3-5-16(12-14)20-17(22)11-8-13-6-9-15(19)10-7-13/h3-7,9-10,12H,8,11H2,1-2H3,(H,20,22). The highest BCUT2D eigenvalue weighted by Gasteiger charge is 2.09. The van der Waals surface area contributed by atoms with E-state index in [9.17, 15) is 14.0 Å². The first-order valence-electron chi connectivity index (χ1n) is 7.32. The van der Waals surface area contributed by atoms with E-state index in [1.165, 1.54) is 17.0 Å². The molecule has 2 rings (SSSR count). The van der Waals surface area contributed by atoms with Crippen LogP contribution in [0.25, 0.3) is 0 Å². The van der Waals surface area contributed by atoms with E-state index in [0.29, 0.717) is 17.7 Å². The Balaban J connectivity index is 1.93. The second kappa shape index (κ2) is 7.54. The molecule has 0 aliphatic heterocycles. The minimum Gasteiger partial charge on any atom is -0.345 e. The van der Waals surface area contributed by atoms with Crippen LogP contribution in [0.1, 0.15) is 22.3 Å². The van der Waals surface area contributed by atoms with Gasteiger partial charge in [0.25, 0.3) is 5.91 Å². The van der Waals surface area contributed by atoms with Crippen LogP contribution in [0.3, 0.4) is 0 Å². The maximum Gasteiger partial charge on any atom is 0.253 e. The van der Waals surface area contributed by atoms with E-state index in [-0.39, 0.29) is 24.1 Å². The third-order valence-electron chi connectivity index (χ3n) is 3.35. The number of amides is 2. The van der Waals surface area contributed by atoms with Crippen LogP contribution in [0.5, 0.6) is 0 Å². The maximum absolute atomic E-state index is 12.8. The van der Waals surface area contributed by atoms with Crippen LogP contribution < -0.4 is 5.32 Å². The lowest BCUT2D eigenvalue weighted by atomic mass is 10.1. The minimum absolute atomic E-state index is 0.118. The van der Waals surface area contributed by atoms with Gasteiger partial charge in [-0.3, -0.25) is 9.59 Å². The number of carbonyl (C=O) groups is 2. The van der Waals surface area contributed by atoms with Gasteiger partial charge in [-0.15, -0.1) is 0 Å². The van der Waals surface area contributed by atoms with Crippen molar-refractivity contribution >= 4 is 17.5 Å². The third kappa shape index (κ3) is 4.92. The SMILES string of the molecule is CN(C)C(=O)c1cccc(NC(=O)CCc2ccc(F)cc2)c1. The third-order valence-corrected chi connectivity index (χ3v) is 3.35. The van der Waals surface area contributed by atoms with Gasteiger partial charge in [0.15, 0.2) is 0 Å². The predicted molar refractivity (Wildman–Crippen MR) is 87.8 cm³/mol. The second-order valence-electron chi connectivity index (χ2n) is 5.46. The molecule has 0 fully saturated rings. The van der Waals surface area contributed by atoms with Crippen LogP contribution in [0.15, 0.2) is 48.5 Å². The van der Waals surface area contributed by atoms with Crippen LogP contribution in [-0.4, -0.2) is 30.8 Å². The van der Waals surface area contributed by atoms with Gasteiger partial charge >= 0.3 is 0 Å². The Bertz CT molecular complexity index is 696. The lowest BCUT2D eigenvalue weighted by Crippen LogP contribution is -2.22. The first-order chi connectivity index (χ1) is 11.0. The van der Waals surface area contributed by atoms with Crippen molar-refractivity contribution in [2.45, 2.75) is 12.8 Å². The van der Waals surface area contributed by atoms with E-state index in [4.69, 9.17) is 0 Å². The molecule has 0 aromatic heterocycles. The fraction of sp³-hybridized carbons (Fsp3) is 0.222. The molecule has 0 saturated heterocycles. The maximum atomic E-state index is 12.8. The summed E-state index contributed by atoms with van der Waals surface area (Å²) in [4.78, 5) is 25.4. The largest absolute Gasteiger partial charge is 0.345 e. The molecular weight excluding hydrogens is 295 g/mol. The molecular formula is C18H19FN2O2. The average molecular weight is 314 g/mol. The number of carbonyl (C=O) groups excluding carboxylic acids is 2. The topological polar surface area (TPSA) is 49.4 Å². The number of hydrogen-bond acceptors (Lipinski definition) is 2. The molecule has 4 nitrogen and oxygen atoms in total. The summed E-state index contributed by atoms with van der Waals surface area (Å²) >= 11 is 0. The Labute approximate surface area is 134 Å². The lowest BCUT2D eigenvalue weighted by Gasteiger charge is -2.11. The van der Waals surface area contributed by atoms with Crippen molar-refractivity contribution in [1.82, 2.24) is 4.90 Å². The van der Waals surface area contributed by atoms with Crippen molar-refractivity contribution in [2.24, 2.45) is 0 Å². The molecule has 0 spiro atoms. The molecule has 0 atom stereocenters. The zero-order chi connectivity index (χ0) is 16.8. The molecule has 0 aliphatic rings. The Hall–Kier alpha value is -2.69. The summed E-state index contributed by atoms with van der Waals surface area (Å²) in [5.74, 6) is -0.559. The normalized spacial score (nSPS) is 10.2. The highest BCUT2D eigenvalue weighted by atomic mass is 19.1. The van der Waals surface area contributed by atoms with Gasteiger partial charge in [0.05, 0.1) is 0 Å². The summed E-state index contributed by atoms with van der Waals surface area (Å²) in [6, 6.07) is 12.9. The smallest absolute Gasteiger partial charge is 0.253 e. The Morgan fingerprint density at radius 1 is 1.09 bits per heavy atom. The minimum atomic E-state index is -0.291. The molecule has 0 saturated carbocycles. The molecule has 0 unspecified atom stereocenters. The van der Waals surface area contributed by atoms with Gasteiger partial charge < -0.3 is 10.2 Å². The van der Waals surface area contributed by atoms with Crippen LogP contribution in [0.2, 0.25) is 0 Å². The van der Waals surface area contributed by atoms with Crippen molar-refractivity contribution in [2.75, 3.05) is 19.4 Å². The van der Waals surface area contributed by atoms with E-state index in [2.05, 4.69) is 5.32 Å². The summed E-state index contributed by atoms with van der Waals surface area (Å²) in [6.07, 6.45) is 0.819. The van der Waals surface area contributed by atoms with Gasteiger partial charge in [0.1, 0.15) is 5.82 Å². The summed E-state index contributed by atoms with van der Waals surface area (Å²) in [7, 11) is 3.35. The van der Waals surface area contributed by atoms with Crippen LogP contribution in [0.4, 0.5) is 10.1 Å². The van der Waals surface area contributed by atoms with Crippen molar-refractivity contribution in [3.05, 3.63) is 65.5 Å². The number of nitrogens with zero attached hydrogens (tertiary/aromatic N) is 1. The molecule has 0 heterocycles. The predicted octanol–water partition coefficient (Wildman–Crippen LogP) is 3.10. The second-order valence-corrected chi connectivity index (χ2v) is 5.46. The quantitative estimate of drug-likeness (QED) is 0.922. The zero-order valence-corrected chi connectivity index (χ0v) is 13.2.